The first-order valence-electron chi connectivity index (χ1n) is 18.4. The minimum absolute atomic E-state index is 0.614. The van der Waals surface area contributed by atoms with Gasteiger partial charge in [-0.1, -0.05) is 176 Å². The molecule has 8 aromatic carbocycles. The summed E-state index contributed by atoms with van der Waals surface area (Å²) in [7, 11) is 0. The van der Waals surface area contributed by atoms with E-state index in [9.17, 15) is 0 Å². The van der Waals surface area contributed by atoms with Gasteiger partial charge in [0.15, 0.2) is 17.5 Å². The normalized spacial score (nSPS) is 11.3. The van der Waals surface area contributed by atoms with Crippen molar-refractivity contribution in [2.75, 3.05) is 0 Å². The van der Waals surface area contributed by atoms with E-state index < -0.39 is 0 Å². The van der Waals surface area contributed by atoms with Crippen LogP contribution in [0.25, 0.3) is 101 Å². The van der Waals surface area contributed by atoms with Crippen molar-refractivity contribution in [3.63, 3.8) is 0 Å². The number of rotatable bonds is 7. The number of hydrogen-bond donors (Lipinski definition) is 0. The third-order valence-corrected chi connectivity index (χ3v) is 10.2. The van der Waals surface area contributed by atoms with Gasteiger partial charge in [0, 0.05) is 27.5 Å². The lowest BCUT2D eigenvalue weighted by Crippen LogP contribution is -2.01. The van der Waals surface area contributed by atoms with Crippen LogP contribution in [-0.4, -0.2) is 15.0 Å². The minimum atomic E-state index is 0.614. The molecule has 10 aromatic rings. The number of aromatic nitrogens is 3. The number of nitrogens with zero attached hydrogens (tertiary/aromatic N) is 3. The molecule has 0 fully saturated rings. The zero-order chi connectivity index (χ0) is 36.6. The van der Waals surface area contributed by atoms with Crippen molar-refractivity contribution in [2.45, 2.75) is 0 Å². The molecule has 0 aliphatic heterocycles. The third-order valence-electron chi connectivity index (χ3n) is 10.2. The number of para-hydroxylation sites is 1. The summed E-state index contributed by atoms with van der Waals surface area (Å²) in [4.78, 5) is 15.4. The Balaban J connectivity index is 1.06. The Hall–Kier alpha value is -7.43. The van der Waals surface area contributed by atoms with E-state index in [2.05, 4.69) is 164 Å². The molecule has 0 saturated carbocycles. The van der Waals surface area contributed by atoms with Crippen LogP contribution in [0.1, 0.15) is 0 Å². The highest BCUT2D eigenvalue weighted by atomic mass is 16.3. The highest BCUT2D eigenvalue weighted by Gasteiger charge is 2.17. The summed E-state index contributed by atoms with van der Waals surface area (Å²) in [5.41, 5.74) is 13.6. The van der Waals surface area contributed by atoms with Gasteiger partial charge in [0.25, 0.3) is 0 Å². The number of benzene rings is 8. The minimum Gasteiger partial charge on any atom is -0.456 e. The summed E-state index contributed by atoms with van der Waals surface area (Å²) < 4.78 is 6.08. The van der Waals surface area contributed by atoms with E-state index >= 15 is 0 Å². The summed E-state index contributed by atoms with van der Waals surface area (Å²) in [6.07, 6.45) is 0. The fourth-order valence-electron chi connectivity index (χ4n) is 7.34. The van der Waals surface area contributed by atoms with Crippen molar-refractivity contribution >= 4 is 21.9 Å². The first-order valence-corrected chi connectivity index (χ1v) is 18.4. The van der Waals surface area contributed by atoms with E-state index in [0.717, 1.165) is 72.0 Å². The molecule has 4 heteroatoms. The van der Waals surface area contributed by atoms with Crippen LogP contribution in [-0.2, 0) is 0 Å². The molecule has 0 aliphatic carbocycles. The lowest BCUT2D eigenvalue weighted by Gasteiger charge is -2.13. The average molecular weight is 704 g/mol. The number of fused-ring (bicyclic) bond motifs is 3. The van der Waals surface area contributed by atoms with Crippen molar-refractivity contribution in [1.82, 2.24) is 15.0 Å². The first kappa shape index (κ1) is 32.2. The molecule has 0 N–H and O–H groups in total. The van der Waals surface area contributed by atoms with Crippen LogP contribution in [0, 0.1) is 0 Å². The van der Waals surface area contributed by atoms with Gasteiger partial charge in [0.1, 0.15) is 11.2 Å². The molecule has 0 spiro atoms. The van der Waals surface area contributed by atoms with Crippen molar-refractivity contribution in [3.8, 4) is 78.7 Å². The Kier molecular flexibility index (Phi) is 8.12. The van der Waals surface area contributed by atoms with Crippen molar-refractivity contribution in [2.24, 2.45) is 0 Å². The molecule has 4 nitrogen and oxygen atoms in total. The topological polar surface area (TPSA) is 51.8 Å². The summed E-state index contributed by atoms with van der Waals surface area (Å²) in [5.74, 6) is 1.86. The molecular weight excluding hydrogens is 671 g/mol. The monoisotopic (exact) mass is 703 g/mol. The molecular formula is C51H33N3O. The zero-order valence-electron chi connectivity index (χ0n) is 29.8. The first-order chi connectivity index (χ1) is 27.2. The maximum atomic E-state index is 6.08. The van der Waals surface area contributed by atoms with Crippen LogP contribution in [0.3, 0.4) is 0 Å². The largest absolute Gasteiger partial charge is 0.456 e. The highest BCUT2D eigenvalue weighted by molar-refractivity contribution is 6.06. The van der Waals surface area contributed by atoms with Crippen LogP contribution in [0.4, 0.5) is 0 Å². The van der Waals surface area contributed by atoms with Crippen LogP contribution in [0.5, 0.6) is 0 Å². The predicted octanol–water partition coefficient (Wildman–Crippen LogP) is 13.4. The van der Waals surface area contributed by atoms with Crippen molar-refractivity contribution < 1.29 is 4.42 Å². The zero-order valence-corrected chi connectivity index (χ0v) is 29.8. The van der Waals surface area contributed by atoms with Crippen LogP contribution < -0.4 is 0 Å². The summed E-state index contributed by atoms with van der Waals surface area (Å²) in [6, 6.07) is 69.4. The Morgan fingerprint density at radius 2 is 0.709 bits per heavy atom. The van der Waals surface area contributed by atoms with E-state index in [1.54, 1.807) is 0 Å². The Morgan fingerprint density at radius 1 is 0.255 bits per heavy atom. The summed E-state index contributed by atoms with van der Waals surface area (Å²) in [5, 5.41) is 2.22. The lowest BCUT2D eigenvalue weighted by atomic mass is 9.98. The van der Waals surface area contributed by atoms with Gasteiger partial charge in [-0.15, -0.1) is 0 Å². The molecule has 55 heavy (non-hydrogen) atoms. The second-order valence-corrected chi connectivity index (χ2v) is 13.6. The molecule has 0 bridgehead atoms. The fraction of sp³-hybridized carbons (Fsp3) is 0. The molecule has 0 atom stereocenters. The van der Waals surface area contributed by atoms with Gasteiger partial charge >= 0.3 is 0 Å². The molecule has 0 amide bonds. The SMILES string of the molecule is c1ccc(-c2ccc(-c3cccc(-c4nc(-c5ccc(-c6ccc7oc8ccccc8c7c6)cc5)nc(-c5ccccc5-c5ccccc5)n4)c3)cc2)cc1. The average Bonchev–Trinajstić information content (AvgIpc) is 3.65. The highest BCUT2D eigenvalue weighted by Crippen LogP contribution is 2.36. The summed E-state index contributed by atoms with van der Waals surface area (Å²) in [6.45, 7) is 0. The van der Waals surface area contributed by atoms with Gasteiger partial charge in [-0.2, -0.15) is 0 Å². The van der Waals surface area contributed by atoms with Gasteiger partial charge in [-0.25, -0.2) is 15.0 Å². The predicted molar refractivity (Wildman–Crippen MR) is 225 cm³/mol. The summed E-state index contributed by atoms with van der Waals surface area (Å²) >= 11 is 0. The van der Waals surface area contributed by atoms with Gasteiger partial charge < -0.3 is 4.42 Å². The molecule has 0 unspecified atom stereocenters. The lowest BCUT2D eigenvalue weighted by molar-refractivity contribution is 0.669. The van der Waals surface area contributed by atoms with E-state index in [0.29, 0.717) is 17.5 Å². The fourth-order valence-corrected chi connectivity index (χ4v) is 7.34. The maximum Gasteiger partial charge on any atom is 0.164 e. The smallest absolute Gasteiger partial charge is 0.164 e. The van der Waals surface area contributed by atoms with E-state index in [1.807, 2.05) is 36.4 Å². The molecule has 0 saturated heterocycles. The quantitative estimate of drug-likeness (QED) is 0.166. The van der Waals surface area contributed by atoms with Gasteiger partial charge in [-0.05, 0) is 68.8 Å². The van der Waals surface area contributed by atoms with Gasteiger partial charge in [-0.3, -0.25) is 0 Å². The van der Waals surface area contributed by atoms with Crippen LogP contribution in [0.15, 0.2) is 205 Å². The molecule has 2 aromatic heterocycles. The van der Waals surface area contributed by atoms with E-state index in [-0.39, 0.29) is 0 Å². The molecule has 0 radical (unpaired) electrons. The van der Waals surface area contributed by atoms with E-state index in [1.165, 1.54) is 11.1 Å². The van der Waals surface area contributed by atoms with Crippen molar-refractivity contribution in [1.29, 1.82) is 0 Å². The van der Waals surface area contributed by atoms with Gasteiger partial charge in [0.05, 0.1) is 0 Å². The Bertz CT molecular complexity index is 2950. The number of furan rings is 1. The molecule has 0 aliphatic rings. The second kappa shape index (κ2) is 13.8. The maximum absolute atomic E-state index is 6.08. The molecule has 258 valence electrons. The van der Waals surface area contributed by atoms with Crippen LogP contribution >= 0.6 is 0 Å². The van der Waals surface area contributed by atoms with E-state index in [4.69, 9.17) is 19.4 Å². The second-order valence-electron chi connectivity index (χ2n) is 13.6. The van der Waals surface area contributed by atoms with Crippen LogP contribution in [0.2, 0.25) is 0 Å². The Labute approximate surface area is 319 Å². The Morgan fingerprint density at radius 3 is 1.44 bits per heavy atom. The molecule has 10 rings (SSSR count). The third kappa shape index (κ3) is 6.26. The standard InChI is InChI=1S/C51H33N3O/c1-3-12-34(13-4-1)35-22-24-36(25-23-35)40-16-11-17-42(32-40)50-52-49(53-51(54-50)45-20-8-7-18-43(45)38-14-5-2-6-15-38)39-28-26-37(27-29-39)41-30-31-48-46(33-41)44-19-9-10-21-47(44)55-48/h1-33H. The number of hydrogen-bond acceptors (Lipinski definition) is 4. The van der Waals surface area contributed by atoms with Gasteiger partial charge in [0.2, 0.25) is 0 Å². The molecule has 2 heterocycles. The van der Waals surface area contributed by atoms with Crippen molar-refractivity contribution in [3.05, 3.63) is 200 Å².